The SMILES string of the molecule is OOC1C2CN(CC3CC4(CNC4)C3)CC21. The lowest BCUT2D eigenvalue weighted by molar-refractivity contribution is -0.261. The minimum absolute atomic E-state index is 0.166. The smallest absolute Gasteiger partial charge is 0.102 e. The van der Waals surface area contributed by atoms with Crippen molar-refractivity contribution in [3.63, 3.8) is 0 Å². The number of fused-ring (bicyclic) bond motifs is 1. The van der Waals surface area contributed by atoms with Crippen molar-refractivity contribution in [3.05, 3.63) is 0 Å². The van der Waals surface area contributed by atoms with Gasteiger partial charge in [-0.05, 0) is 24.2 Å². The molecule has 4 nitrogen and oxygen atoms in total. The molecule has 4 heteroatoms. The van der Waals surface area contributed by atoms with E-state index >= 15 is 0 Å². The number of hydrogen-bond acceptors (Lipinski definition) is 4. The Kier molecular flexibility index (Phi) is 1.96. The standard InChI is InChI=1S/C12H20N2O2/c15-16-11-9-4-14(5-10(9)11)3-8-1-12(2-8)6-13-7-12/h8-11,13,15H,1-7H2. The van der Waals surface area contributed by atoms with Gasteiger partial charge in [0.2, 0.25) is 0 Å². The molecule has 90 valence electrons. The molecule has 2 heterocycles. The molecular formula is C12H20N2O2. The summed E-state index contributed by atoms with van der Waals surface area (Å²) in [6.45, 7) is 6.10. The average Bonchev–Trinajstić information content (AvgIpc) is 2.62. The lowest BCUT2D eigenvalue weighted by Gasteiger charge is -2.55. The molecule has 1 spiro atoms. The number of likely N-dealkylation sites (tertiary alicyclic amines) is 1. The van der Waals surface area contributed by atoms with Crippen LogP contribution in [0.3, 0.4) is 0 Å². The highest BCUT2D eigenvalue weighted by Crippen LogP contribution is 2.51. The zero-order valence-corrected chi connectivity index (χ0v) is 9.56. The van der Waals surface area contributed by atoms with Crippen molar-refractivity contribution >= 4 is 0 Å². The summed E-state index contributed by atoms with van der Waals surface area (Å²) >= 11 is 0. The van der Waals surface area contributed by atoms with Gasteiger partial charge >= 0.3 is 0 Å². The van der Waals surface area contributed by atoms with Gasteiger partial charge in [0.15, 0.2) is 0 Å². The summed E-state index contributed by atoms with van der Waals surface area (Å²) in [7, 11) is 0. The van der Waals surface area contributed by atoms with E-state index in [2.05, 4.69) is 15.1 Å². The minimum atomic E-state index is 0.166. The molecule has 4 fully saturated rings. The van der Waals surface area contributed by atoms with E-state index in [1.165, 1.54) is 32.5 Å². The highest BCUT2D eigenvalue weighted by atomic mass is 17.1. The molecule has 0 aromatic carbocycles. The van der Waals surface area contributed by atoms with Crippen LogP contribution in [-0.4, -0.2) is 49.0 Å². The van der Waals surface area contributed by atoms with Gasteiger partial charge in [0, 0.05) is 44.6 Å². The first kappa shape index (κ1) is 9.83. The van der Waals surface area contributed by atoms with E-state index in [9.17, 15) is 0 Å². The molecule has 0 aromatic heterocycles. The lowest BCUT2D eigenvalue weighted by atomic mass is 9.58. The van der Waals surface area contributed by atoms with Crippen molar-refractivity contribution in [1.82, 2.24) is 10.2 Å². The van der Waals surface area contributed by atoms with Gasteiger partial charge in [0.1, 0.15) is 6.10 Å². The van der Waals surface area contributed by atoms with Crippen molar-refractivity contribution in [2.75, 3.05) is 32.7 Å². The Hall–Kier alpha value is -0.160. The van der Waals surface area contributed by atoms with E-state index in [0.29, 0.717) is 17.3 Å². The lowest BCUT2D eigenvalue weighted by Crippen LogP contribution is -2.61. The summed E-state index contributed by atoms with van der Waals surface area (Å²) in [5.74, 6) is 2.20. The first-order chi connectivity index (χ1) is 7.80. The first-order valence-corrected chi connectivity index (χ1v) is 6.53. The van der Waals surface area contributed by atoms with Crippen LogP contribution in [-0.2, 0) is 4.89 Å². The minimum Gasteiger partial charge on any atom is -0.316 e. The quantitative estimate of drug-likeness (QED) is 0.538. The number of rotatable bonds is 3. The summed E-state index contributed by atoms with van der Waals surface area (Å²) in [5.41, 5.74) is 0.712. The van der Waals surface area contributed by atoms with Gasteiger partial charge in [-0.25, -0.2) is 4.89 Å². The predicted octanol–water partition coefficient (Wildman–Crippen LogP) is 0.406. The summed E-state index contributed by atoms with van der Waals surface area (Å²) in [4.78, 5) is 7.02. The largest absolute Gasteiger partial charge is 0.316 e. The Labute approximate surface area is 95.9 Å². The van der Waals surface area contributed by atoms with Crippen molar-refractivity contribution < 1.29 is 10.1 Å². The molecule has 2 N–H and O–H groups in total. The van der Waals surface area contributed by atoms with Crippen LogP contribution in [0, 0.1) is 23.2 Å². The zero-order valence-electron chi connectivity index (χ0n) is 9.56. The van der Waals surface area contributed by atoms with Gasteiger partial charge in [0.25, 0.3) is 0 Å². The monoisotopic (exact) mass is 224 g/mol. The van der Waals surface area contributed by atoms with Crippen molar-refractivity contribution in [2.45, 2.75) is 18.9 Å². The third kappa shape index (κ3) is 1.30. The molecule has 0 aromatic rings. The van der Waals surface area contributed by atoms with E-state index in [-0.39, 0.29) is 6.10 Å². The fraction of sp³-hybridized carbons (Fsp3) is 1.00. The van der Waals surface area contributed by atoms with Gasteiger partial charge in [-0.15, -0.1) is 0 Å². The van der Waals surface area contributed by atoms with E-state index < -0.39 is 0 Å². The second-order valence-electron chi connectivity index (χ2n) is 6.49. The third-order valence-corrected chi connectivity index (χ3v) is 5.27. The number of hydrogen-bond donors (Lipinski definition) is 2. The summed E-state index contributed by atoms with van der Waals surface area (Å²) in [5, 5.41) is 12.0. The van der Waals surface area contributed by atoms with E-state index in [4.69, 9.17) is 5.26 Å². The predicted molar refractivity (Wildman–Crippen MR) is 58.9 cm³/mol. The normalized spacial score (nSPS) is 45.2. The molecule has 4 aliphatic rings. The van der Waals surface area contributed by atoms with Crippen LogP contribution in [0.25, 0.3) is 0 Å². The maximum Gasteiger partial charge on any atom is 0.102 e. The molecule has 0 amide bonds. The molecule has 2 atom stereocenters. The van der Waals surface area contributed by atoms with Crippen molar-refractivity contribution in [2.24, 2.45) is 23.2 Å². The molecule has 2 aliphatic heterocycles. The maximum atomic E-state index is 8.62. The Balaban J connectivity index is 1.23. The van der Waals surface area contributed by atoms with E-state index in [1.54, 1.807) is 0 Å². The second kappa shape index (κ2) is 3.19. The van der Waals surface area contributed by atoms with Crippen molar-refractivity contribution in [3.8, 4) is 0 Å². The van der Waals surface area contributed by atoms with Crippen LogP contribution < -0.4 is 5.32 Å². The van der Waals surface area contributed by atoms with Gasteiger partial charge in [-0.2, -0.15) is 0 Å². The van der Waals surface area contributed by atoms with Crippen LogP contribution in [0.4, 0.5) is 0 Å². The number of nitrogens with one attached hydrogen (secondary N) is 1. The van der Waals surface area contributed by atoms with Gasteiger partial charge in [-0.3, -0.25) is 5.26 Å². The third-order valence-electron chi connectivity index (χ3n) is 5.27. The molecule has 16 heavy (non-hydrogen) atoms. The first-order valence-electron chi connectivity index (χ1n) is 6.53. The number of nitrogens with zero attached hydrogens (tertiary/aromatic N) is 1. The number of piperidine rings is 1. The Morgan fingerprint density at radius 3 is 2.44 bits per heavy atom. The van der Waals surface area contributed by atoms with Crippen LogP contribution in [0.5, 0.6) is 0 Å². The Bertz CT molecular complexity index is 285. The van der Waals surface area contributed by atoms with Gasteiger partial charge in [-0.1, -0.05) is 0 Å². The van der Waals surface area contributed by atoms with Crippen molar-refractivity contribution in [1.29, 1.82) is 0 Å². The zero-order chi connectivity index (χ0) is 10.8. The van der Waals surface area contributed by atoms with Crippen LogP contribution in [0.1, 0.15) is 12.8 Å². The van der Waals surface area contributed by atoms with Gasteiger partial charge in [0.05, 0.1) is 0 Å². The maximum absolute atomic E-state index is 8.62. The summed E-state index contributed by atoms with van der Waals surface area (Å²) < 4.78 is 0. The molecule has 2 saturated heterocycles. The molecule has 2 saturated carbocycles. The van der Waals surface area contributed by atoms with Gasteiger partial charge < -0.3 is 10.2 Å². The highest BCUT2D eigenvalue weighted by Gasteiger charge is 2.58. The molecule has 2 aliphatic carbocycles. The molecule has 4 rings (SSSR count). The average molecular weight is 224 g/mol. The fourth-order valence-corrected chi connectivity index (χ4v) is 4.29. The molecular weight excluding hydrogens is 204 g/mol. The second-order valence-corrected chi connectivity index (χ2v) is 6.49. The van der Waals surface area contributed by atoms with E-state index in [1.807, 2.05) is 0 Å². The topological polar surface area (TPSA) is 44.7 Å². The fourth-order valence-electron chi connectivity index (χ4n) is 4.29. The molecule has 0 bridgehead atoms. The molecule has 2 unspecified atom stereocenters. The van der Waals surface area contributed by atoms with Crippen LogP contribution in [0.15, 0.2) is 0 Å². The van der Waals surface area contributed by atoms with Crippen LogP contribution >= 0.6 is 0 Å². The van der Waals surface area contributed by atoms with E-state index in [0.717, 1.165) is 19.0 Å². The Morgan fingerprint density at radius 2 is 1.94 bits per heavy atom. The Morgan fingerprint density at radius 1 is 1.25 bits per heavy atom. The summed E-state index contributed by atoms with van der Waals surface area (Å²) in [6, 6.07) is 0. The highest BCUT2D eigenvalue weighted by molar-refractivity contribution is 5.08. The van der Waals surface area contributed by atoms with Crippen LogP contribution in [0.2, 0.25) is 0 Å². The summed E-state index contributed by atoms with van der Waals surface area (Å²) in [6.07, 6.45) is 3.04. The molecule has 0 radical (unpaired) electrons.